The van der Waals surface area contributed by atoms with Crippen LogP contribution in [-0.2, 0) is 0 Å². The van der Waals surface area contributed by atoms with E-state index in [2.05, 4.69) is 9.88 Å². The zero-order valence-corrected chi connectivity index (χ0v) is 13.1. The Labute approximate surface area is 135 Å². The molecule has 1 aliphatic heterocycles. The third kappa shape index (κ3) is 3.21. The minimum absolute atomic E-state index is 0.0126. The molecule has 6 heteroatoms. The first kappa shape index (κ1) is 15.1. The molecule has 1 aliphatic rings. The number of amides is 1. The first-order chi connectivity index (χ1) is 11.2. The fourth-order valence-corrected chi connectivity index (χ4v) is 2.70. The minimum Gasteiger partial charge on any atom is -0.497 e. The van der Waals surface area contributed by atoms with Crippen molar-refractivity contribution in [3.05, 3.63) is 48.2 Å². The highest BCUT2D eigenvalue weighted by molar-refractivity contribution is 5.99. The summed E-state index contributed by atoms with van der Waals surface area (Å²) in [5.41, 5.74) is 6.99. The van der Waals surface area contributed by atoms with Gasteiger partial charge in [0.2, 0.25) is 0 Å². The van der Waals surface area contributed by atoms with Gasteiger partial charge >= 0.3 is 0 Å². The van der Waals surface area contributed by atoms with Crippen LogP contribution in [0.4, 0.5) is 11.5 Å². The van der Waals surface area contributed by atoms with Crippen LogP contribution in [-0.4, -0.2) is 49.1 Å². The summed E-state index contributed by atoms with van der Waals surface area (Å²) in [6.07, 6.45) is 1.73. The molecule has 0 atom stereocenters. The van der Waals surface area contributed by atoms with Crippen LogP contribution < -0.4 is 15.4 Å². The summed E-state index contributed by atoms with van der Waals surface area (Å²) in [5.74, 6) is 1.64. The highest BCUT2D eigenvalue weighted by Crippen LogP contribution is 2.20. The molecule has 3 rings (SSSR count). The van der Waals surface area contributed by atoms with E-state index >= 15 is 0 Å². The second kappa shape index (κ2) is 6.56. The maximum atomic E-state index is 12.6. The summed E-state index contributed by atoms with van der Waals surface area (Å²) >= 11 is 0. The lowest BCUT2D eigenvalue weighted by atomic mass is 10.1. The average molecular weight is 312 g/mol. The minimum atomic E-state index is -0.0126. The van der Waals surface area contributed by atoms with Crippen molar-refractivity contribution >= 4 is 17.4 Å². The molecule has 0 saturated carbocycles. The number of hydrogen-bond acceptors (Lipinski definition) is 5. The standard InChI is InChI=1S/C17H20N4O2/c1-23-13-6-7-19-16(12-13)20-8-10-21(11-9-20)17(22)14-4-2-3-5-15(14)18/h2-7,12H,8-11,18H2,1H3. The Morgan fingerprint density at radius 2 is 1.91 bits per heavy atom. The fraction of sp³-hybridized carbons (Fsp3) is 0.294. The number of methoxy groups -OCH3 is 1. The fourth-order valence-electron chi connectivity index (χ4n) is 2.70. The molecule has 0 spiro atoms. The van der Waals surface area contributed by atoms with Crippen molar-refractivity contribution in [2.45, 2.75) is 0 Å². The van der Waals surface area contributed by atoms with E-state index in [0.29, 0.717) is 24.3 Å². The van der Waals surface area contributed by atoms with Gasteiger partial charge in [0.15, 0.2) is 0 Å². The Hall–Kier alpha value is -2.76. The van der Waals surface area contributed by atoms with E-state index in [9.17, 15) is 4.79 Å². The Bertz CT molecular complexity index is 696. The van der Waals surface area contributed by atoms with E-state index in [1.807, 2.05) is 29.2 Å². The van der Waals surface area contributed by atoms with Crippen molar-refractivity contribution in [2.75, 3.05) is 43.9 Å². The maximum absolute atomic E-state index is 12.6. The molecule has 0 unspecified atom stereocenters. The molecular formula is C17H20N4O2. The smallest absolute Gasteiger partial charge is 0.256 e. The number of anilines is 2. The Balaban J connectivity index is 1.66. The summed E-state index contributed by atoms with van der Waals surface area (Å²) in [6, 6.07) is 10.9. The molecule has 120 valence electrons. The van der Waals surface area contributed by atoms with Crippen molar-refractivity contribution < 1.29 is 9.53 Å². The van der Waals surface area contributed by atoms with Crippen LogP contribution in [0.15, 0.2) is 42.6 Å². The van der Waals surface area contributed by atoms with Crippen LogP contribution in [0.3, 0.4) is 0 Å². The zero-order chi connectivity index (χ0) is 16.2. The Morgan fingerprint density at radius 3 is 2.61 bits per heavy atom. The molecule has 2 aromatic rings. The number of nitrogens with zero attached hydrogens (tertiary/aromatic N) is 3. The van der Waals surface area contributed by atoms with Crippen molar-refractivity contribution in [2.24, 2.45) is 0 Å². The van der Waals surface area contributed by atoms with E-state index in [0.717, 1.165) is 24.7 Å². The molecule has 2 heterocycles. The lowest BCUT2D eigenvalue weighted by Gasteiger charge is -2.35. The largest absolute Gasteiger partial charge is 0.497 e. The van der Waals surface area contributed by atoms with E-state index < -0.39 is 0 Å². The number of carbonyl (C=O) groups is 1. The van der Waals surface area contributed by atoms with Gasteiger partial charge in [0.05, 0.1) is 12.7 Å². The van der Waals surface area contributed by atoms with Crippen molar-refractivity contribution in [1.82, 2.24) is 9.88 Å². The predicted octanol–water partition coefficient (Wildman–Crippen LogP) is 1.63. The van der Waals surface area contributed by atoms with E-state index in [1.165, 1.54) is 0 Å². The van der Waals surface area contributed by atoms with Gasteiger partial charge in [0.1, 0.15) is 11.6 Å². The van der Waals surface area contributed by atoms with Crippen LogP contribution in [0.5, 0.6) is 5.75 Å². The van der Waals surface area contributed by atoms with Crippen LogP contribution >= 0.6 is 0 Å². The van der Waals surface area contributed by atoms with Crippen LogP contribution in [0.1, 0.15) is 10.4 Å². The summed E-state index contributed by atoms with van der Waals surface area (Å²) in [7, 11) is 1.64. The molecule has 1 saturated heterocycles. The highest BCUT2D eigenvalue weighted by Gasteiger charge is 2.24. The molecule has 1 aromatic carbocycles. The van der Waals surface area contributed by atoms with Crippen molar-refractivity contribution in [3.63, 3.8) is 0 Å². The summed E-state index contributed by atoms with van der Waals surface area (Å²) < 4.78 is 5.23. The molecule has 0 radical (unpaired) electrons. The van der Waals surface area contributed by atoms with Gasteiger partial charge in [-0.1, -0.05) is 12.1 Å². The van der Waals surface area contributed by atoms with Crippen molar-refractivity contribution in [3.8, 4) is 5.75 Å². The maximum Gasteiger partial charge on any atom is 0.256 e. The highest BCUT2D eigenvalue weighted by atomic mass is 16.5. The average Bonchev–Trinajstić information content (AvgIpc) is 2.62. The van der Waals surface area contributed by atoms with Crippen LogP contribution in [0.25, 0.3) is 0 Å². The normalized spacial score (nSPS) is 14.7. The SMILES string of the molecule is COc1ccnc(N2CCN(C(=O)c3ccccc3N)CC2)c1. The van der Waals surface area contributed by atoms with Gasteiger partial charge < -0.3 is 20.3 Å². The second-order valence-corrected chi connectivity index (χ2v) is 5.42. The Kier molecular flexibility index (Phi) is 4.32. The number of nitrogens with two attached hydrogens (primary N) is 1. The summed E-state index contributed by atoms with van der Waals surface area (Å²) in [4.78, 5) is 20.9. The van der Waals surface area contributed by atoms with Crippen molar-refractivity contribution in [1.29, 1.82) is 0 Å². The Morgan fingerprint density at radius 1 is 1.17 bits per heavy atom. The molecular weight excluding hydrogens is 292 g/mol. The molecule has 1 amide bonds. The molecule has 0 bridgehead atoms. The third-order valence-electron chi connectivity index (χ3n) is 4.03. The number of para-hydroxylation sites is 1. The summed E-state index contributed by atoms with van der Waals surface area (Å²) in [5, 5.41) is 0. The van der Waals surface area contributed by atoms with Gasteiger partial charge in [-0.15, -0.1) is 0 Å². The quantitative estimate of drug-likeness (QED) is 0.872. The topological polar surface area (TPSA) is 71.7 Å². The number of nitrogen functional groups attached to an aromatic ring is 1. The molecule has 23 heavy (non-hydrogen) atoms. The van der Waals surface area contributed by atoms with E-state index in [1.54, 1.807) is 25.4 Å². The van der Waals surface area contributed by atoms with Gasteiger partial charge in [-0.25, -0.2) is 4.98 Å². The summed E-state index contributed by atoms with van der Waals surface area (Å²) in [6.45, 7) is 2.76. The lowest BCUT2D eigenvalue weighted by molar-refractivity contribution is 0.0747. The predicted molar refractivity (Wildman–Crippen MR) is 89.8 cm³/mol. The molecule has 0 aliphatic carbocycles. The van der Waals surface area contributed by atoms with Gasteiger partial charge in [0, 0.05) is 44.1 Å². The van der Waals surface area contributed by atoms with Crippen LogP contribution in [0, 0.1) is 0 Å². The number of aromatic nitrogens is 1. The van der Waals surface area contributed by atoms with Crippen LogP contribution in [0.2, 0.25) is 0 Å². The lowest BCUT2D eigenvalue weighted by Crippen LogP contribution is -2.49. The van der Waals surface area contributed by atoms with E-state index in [-0.39, 0.29) is 5.91 Å². The van der Waals surface area contributed by atoms with Gasteiger partial charge in [-0.05, 0) is 18.2 Å². The van der Waals surface area contributed by atoms with Gasteiger partial charge in [-0.3, -0.25) is 4.79 Å². The third-order valence-corrected chi connectivity index (χ3v) is 4.03. The number of carbonyl (C=O) groups excluding carboxylic acids is 1. The number of ether oxygens (including phenoxy) is 1. The molecule has 6 nitrogen and oxygen atoms in total. The zero-order valence-electron chi connectivity index (χ0n) is 13.1. The molecule has 1 aromatic heterocycles. The monoisotopic (exact) mass is 312 g/mol. The van der Waals surface area contributed by atoms with Gasteiger partial charge in [-0.2, -0.15) is 0 Å². The number of piperazine rings is 1. The number of rotatable bonds is 3. The molecule has 2 N–H and O–H groups in total. The van der Waals surface area contributed by atoms with E-state index in [4.69, 9.17) is 10.5 Å². The first-order valence-corrected chi connectivity index (χ1v) is 7.58. The number of benzene rings is 1. The van der Waals surface area contributed by atoms with Gasteiger partial charge in [0.25, 0.3) is 5.91 Å². The number of pyridine rings is 1. The first-order valence-electron chi connectivity index (χ1n) is 7.58. The second-order valence-electron chi connectivity index (χ2n) is 5.42. The molecule has 1 fully saturated rings. The number of hydrogen-bond donors (Lipinski definition) is 1.